The molecule has 1 heteroatoms. The van der Waals surface area contributed by atoms with E-state index < -0.39 is 0 Å². The van der Waals surface area contributed by atoms with Crippen molar-refractivity contribution in [2.75, 3.05) is 0 Å². The predicted octanol–water partition coefficient (Wildman–Crippen LogP) is 6.83. The van der Waals surface area contributed by atoms with Crippen LogP contribution in [0.2, 0.25) is 0 Å². The van der Waals surface area contributed by atoms with Gasteiger partial charge in [-0.25, -0.2) is 0 Å². The Kier molecular flexibility index (Phi) is 9.33. The Hall–Kier alpha value is -1.63. The topological polar surface area (TPSA) is 17.1 Å². The van der Waals surface area contributed by atoms with Crippen molar-refractivity contribution in [2.45, 2.75) is 77.6 Å². The van der Waals surface area contributed by atoms with E-state index in [2.05, 4.69) is 49.4 Å². The Morgan fingerprint density at radius 3 is 2.48 bits per heavy atom. The number of aryl methyl sites for hydroxylation is 1. The second kappa shape index (κ2) is 11.8. The highest BCUT2D eigenvalue weighted by Gasteiger charge is 2.21. The van der Waals surface area contributed by atoms with Crippen LogP contribution in [0, 0.1) is 5.92 Å². The summed E-state index contributed by atoms with van der Waals surface area (Å²) < 4.78 is 0. The zero-order valence-corrected chi connectivity index (χ0v) is 15.9. The minimum absolute atomic E-state index is 0.254. The summed E-state index contributed by atoms with van der Waals surface area (Å²) in [6.07, 6.45) is 19.7. The molecule has 0 saturated carbocycles. The fourth-order valence-electron chi connectivity index (χ4n) is 3.61. The highest BCUT2D eigenvalue weighted by molar-refractivity contribution is 6.07. The van der Waals surface area contributed by atoms with Crippen LogP contribution in [-0.2, 0) is 11.2 Å². The molecule has 1 nitrogen and oxygen atoms in total. The Balaban J connectivity index is 1.61. The first kappa shape index (κ1) is 19.7. The fraction of sp³-hybridized carbons (Fsp3) is 0.542. The van der Waals surface area contributed by atoms with Crippen molar-refractivity contribution in [1.82, 2.24) is 0 Å². The molecular formula is C24H34O. The van der Waals surface area contributed by atoms with Crippen molar-refractivity contribution in [3.8, 4) is 0 Å². The zero-order valence-electron chi connectivity index (χ0n) is 15.9. The van der Waals surface area contributed by atoms with Gasteiger partial charge in [-0.3, -0.25) is 4.79 Å². The molecule has 1 aliphatic rings. The summed E-state index contributed by atoms with van der Waals surface area (Å²) in [6, 6.07) is 10.7. The molecule has 0 unspecified atom stereocenters. The number of unbranched alkanes of at least 4 members (excludes halogenated alkanes) is 7. The maximum absolute atomic E-state index is 12.0. The Morgan fingerprint density at radius 1 is 0.920 bits per heavy atom. The smallest absolute Gasteiger partial charge is 0.181 e. The van der Waals surface area contributed by atoms with E-state index in [-0.39, 0.29) is 5.78 Å². The lowest BCUT2D eigenvalue weighted by Crippen LogP contribution is -2.03. The largest absolute Gasteiger partial charge is 0.290 e. The minimum atomic E-state index is 0.254. The van der Waals surface area contributed by atoms with Gasteiger partial charge in [0, 0.05) is 11.5 Å². The van der Waals surface area contributed by atoms with Gasteiger partial charge in [-0.05, 0) is 43.7 Å². The highest BCUT2D eigenvalue weighted by Crippen LogP contribution is 2.28. The van der Waals surface area contributed by atoms with Crippen LogP contribution in [0.25, 0.3) is 0 Å². The monoisotopic (exact) mass is 338 g/mol. The summed E-state index contributed by atoms with van der Waals surface area (Å²) in [6.45, 7) is 2.23. The first-order valence-corrected chi connectivity index (χ1v) is 10.3. The molecule has 25 heavy (non-hydrogen) atoms. The van der Waals surface area contributed by atoms with E-state index in [0.717, 1.165) is 18.4 Å². The standard InChI is InChI=1S/C24H34O/c1-2-3-4-5-13-18-23-22(19-20-24(23)25)17-12-7-6-9-14-21-15-10-8-11-16-21/h8,10-11,15-16,18-20,22H,2-7,9,12-14,17H2,1H3/b23-18+/t22-/m1/s1. The van der Waals surface area contributed by atoms with Gasteiger partial charge in [0.05, 0.1) is 0 Å². The molecule has 0 heterocycles. The van der Waals surface area contributed by atoms with Gasteiger partial charge < -0.3 is 0 Å². The van der Waals surface area contributed by atoms with E-state index in [1.165, 1.54) is 63.4 Å². The van der Waals surface area contributed by atoms with Crippen LogP contribution in [0.1, 0.15) is 76.7 Å². The van der Waals surface area contributed by atoms with Crippen LogP contribution < -0.4 is 0 Å². The number of ketones is 1. The summed E-state index contributed by atoms with van der Waals surface area (Å²) in [4.78, 5) is 12.0. The van der Waals surface area contributed by atoms with Gasteiger partial charge in [0.15, 0.2) is 5.78 Å². The molecule has 1 aromatic carbocycles. The van der Waals surface area contributed by atoms with E-state index >= 15 is 0 Å². The molecule has 0 fully saturated rings. The molecule has 0 N–H and O–H groups in total. The van der Waals surface area contributed by atoms with Crippen molar-refractivity contribution in [2.24, 2.45) is 5.92 Å². The summed E-state index contributed by atoms with van der Waals surface area (Å²) in [7, 11) is 0. The van der Waals surface area contributed by atoms with E-state index in [4.69, 9.17) is 0 Å². The molecule has 2 rings (SSSR count). The van der Waals surface area contributed by atoms with Gasteiger partial charge in [-0.15, -0.1) is 0 Å². The lowest BCUT2D eigenvalue weighted by molar-refractivity contribution is -0.111. The van der Waals surface area contributed by atoms with Crippen molar-refractivity contribution in [1.29, 1.82) is 0 Å². The molecule has 0 spiro atoms. The maximum atomic E-state index is 12.0. The summed E-state index contributed by atoms with van der Waals surface area (Å²) in [5, 5.41) is 0. The lowest BCUT2D eigenvalue weighted by Gasteiger charge is -2.10. The summed E-state index contributed by atoms with van der Waals surface area (Å²) in [5.74, 6) is 0.636. The third-order valence-corrected chi connectivity index (χ3v) is 5.16. The van der Waals surface area contributed by atoms with Crippen LogP contribution in [0.4, 0.5) is 0 Å². The molecule has 136 valence electrons. The third kappa shape index (κ3) is 7.42. The number of hydrogen-bond donors (Lipinski definition) is 0. The average molecular weight is 339 g/mol. The van der Waals surface area contributed by atoms with Crippen molar-refractivity contribution in [3.63, 3.8) is 0 Å². The lowest BCUT2D eigenvalue weighted by atomic mass is 9.93. The molecule has 0 aromatic heterocycles. The quantitative estimate of drug-likeness (QED) is 0.301. The average Bonchev–Trinajstić information content (AvgIpc) is 2.99. The molecule has 1 atom stereocenters. The summed E-state index contributed by atoms with van der Waals surface area (Å²) in [5.41, 5.74) is 2.51. The normalized spacial score (nSPS) is 18.4. The van der Waals surface area contributed by atoms with Crippen LogP contribution in [0.5, 0.6) is 0 Å². The number of rotatable bonds is 12. The van der Waals surface area contributed by atoms with Crippen molar-refractivity contribution in [3.05, 3.63) is 59.7 Å². The predicted molar refractivity (Wildman–Crippen MR) is 108 cm³/mol. The van der Waals surface area contributed by atoms with E-state index in [1.54, 1.807) is 6.08 Å². The highest BCUT2D eigenvalue weighted by atomic mass is 16.1. The zero-order chi connectivity index (χ0) is 17.7. The second-order valence-electron chi connectivity index (χ2n) is 7.28. The number of allylic oxidation sites excluding steroid dienone is 4. The molecule has 0 aliphatic heterocycles. The van der Waals surface area contributed by atoms with Gasteiger partial charge in [0.1, 0.15) is 0 Å². The van der Waals surface area contributed by atoms with Crippen molar-refractivity contribution >= 4 is 5.78 Å². The first-order valence-electron chi connectivity index (χ1n) is 10.3. The number of carbonyl (C=O) groups excluding carboxylic acids is 1. The first-order chi connectivity index (χ1) is 12.3. The molecule has 0 amide bonds. The maximum Gasteiger partial charge on any atom is 0.181 e. The van der Waals surface area contributed by atoms with Crippen LogP contribution in [0.15, 0.2) is 54.1 Å². The molecular weight excluding hydrogens is 304 g/mol. The van der Waals surface area contributed by atoms with Gasteiger partial charge in [0.25, 0.3) is 0 Å². The molecule has 0 radical (unpaired) electrons. The summed E-state index contributed by atoms with van der Waals surface area (Å²) >= 11 is 0. The number of hydrogen-bond acceptors (Lipinski definition) is 1. The van der Waals surface area contributed by atoms with Gasteiger partial charge in [0.2, 0.25) is 0 Å². The Morgan fingerprint density at radius 2 is 1.68 bits per heavy atom. The second-order valence-corrected chi connectivity index (χ2v) is 7.28. The van der Waals surface area contributed by atoms with Gasteiger partial charge in [-0.2, -0.15) is 0 Å². The fourth-order valence-corrected chi connectivity index (χ4v) is 3.61. The van der Waals surface area contributed by atoms with Gasteiger partial charge >= 0.3 is 0 Å². The third-order valence-electron chi connectivity index (χ3n) is 5.16. The SMILES string of the molecule is CCCCCC/C=C1/C(=O)C=C[C@H]1CCCCCCc1ccccc1. The van der Waals surface area contributed by atoms with Gasteiger partial charge in [-0.1, -0.05) is 87.9 Å². The number of carbonyl (C=O) groups is 1. The number of benzene rings is 1. The van der Waals surface area contributed by atoms with Crippen LogP contribution in [0.3, 0.4) is 0 Å². The van der Waals surface area contributed by atoms with Crippen LogP contribution in [-0.4, -0.2) is 5.78 Å². The van der Waals surface area contributed by atoms with Crippen molar-refractivity contribution < 1.29 is 4.79 Å². The van der Waals surface area contributed by atoms with E-state index in [0.29, 0.717) is 5.92 Å². The molecule has 0 saturated heterocycles. The Labute approximate surface area is 154 Å². The minimum Gasteiger partial charge on any atom is -0.290 e. The molecule has 0 bridgehead atoms. The van der Waals surface area contributed by atoms with Crippen LogP contribution >= 0.6 is 0 Å². The van der Waals surface area contributed by atoms with E-state index in [1.807, 2.05) is 0 Å². The Bertz CT molecular complexity index is 553. The molecule has 1 aliphatic carbocycles. The van der Waals surface area contributed by atoms with E-state index in [9.17, 15) is 4.79 Å². The molecule has 1 aromatic rings.